The Labute approximate surface area is 109 Å². The molecule has 0 bridgehead atoms. The Bertz CT molecular complexity index is 406. The van der Waals surface area contributed by atoms with E-state index in [1.54, 1.807) is 0 Å². The van der Waals surface area contributed by atoms with Gasteiger partial charge in [-0.15, -0.1) is 0 Å². The van der Waals surface area contributed by atoms with Crippen molar-refractivity contribution in [1.29, 1.82) is 0 Å². The van der Waals surface area contributed by atoms with Crippen molar-refractivity contribution in [2.24, 2.45) is 11.7 Å². The molecule has 100 valence electrons. The minimum atomic E-state index is 0.191. The largest absolute Gasteiger partial charge is 0.460 e. The Hall–Kier alpha value is -1.16. The summed E-state index contributed by atoms with van der Waals surface area (Å²) in [4.78, 5) is 8.87. The molecule has 2 N–H and O–H groups in total. The fraction of sp³-hybridized carbons (Fsp3) is 0.714. The second-order valence-electron chi connectivity index (χ2n) is 5.45. The molecule has 0 spiro atoms. The van der Waals surface area contributed by atoms with Gasteiger partial charge in [0.05, 0.1) is 5.69 Å². The second-order valence-corrected chi connectivity index (χ2v) is 5.45. The first kappa shape index (κ1) is 13.3. The normalized spacial score (nSPS) is 23.6. The molecule has 1 aromatic heterocycles. The highest BCUT2D eigenvalue weighted by atomic mass is 16.5. The third kappa shape index (κ3) is 2.99. The van der Waals surface area contributed by atoms with Gasteiger partial charge in [-0.25, -0.2) is 4.98 Å². The van der Waals surface area contributed by atoms with Crippen molar-refractivity contribution in [3.05, 3.63) is 17.5 Å². The molecule has 0 aromatic carbocycles. The van der Waals surface area contributed by atoms with E-state index in [-0.39, 0.29) is 6.10 Å². The van der Waals surface area contributed by atoms with Gasteiger partial charge in [-0.1, -0.05) is 13.8 Å². The Morgan fingerprint density at radius 3 is 2.83 bits per heavy atom. The second kappa shape index (κ2) is 5.65. The van der Waals surface area contributed by atoms with Crippen LogP contribution >= 0.6 is 0 Å². The number of hydrogen-bond acceptors (Lipinski definition) is 4. The Morgan fingerprint density at radius 2 is 2.17 bits per heavy atom. The number of hydrogen-bond donors (Lipinski definition) is 1. The van der Waals surface area contributed by atoms with Gasteiger partial charge in [-0.05, 0) is 44.7 Å². The molecule has 0 amide bonds. The zero-order valence-corrected chi connectivity index (χ0v) is 11.5. The molecule has 4 heteroatoms. The highest BCUT2D eigenvalue weighted by molar-refractivity contribution is 5.15. The summed E-state index contributed by atoms with van der Waals surface area (Å²) in [7, 11) is 0. The lowest BCUT2D eigenvalue weighted by molar-refractivity contribution is 0.147. The summed E-state index contributed by atoms with van der Waals surface area (Å²) < 4.78 is 5.95. The first-order chi connectivity index (χ1) is 8.60. The van der Waals surface area contributed by atoms with Gasteiger partial charge in [0, 0.05) is 11.6 Å². The van der Waals surface area contributed by atoms with E-state index >= 15 is 0 Å². The molecule has 18 heavy (non-hydrogen) atoms. The Morgan fingerprint density at radius 1 is 1.39 bits per heavy atom. The van der Waals surface area contributed by atoms with Crippen LogP contribution in [0, 0.1) is 12.8 Å². The summed E-state index contributed by atoms with van der Waals surface area (Å²) >= 11 is 0. The highest BCUT2D eigenvalue weighted by Gasteiger charge is 2.28. The Kier molecular flexibility index (Phi) is 4.17. The van der Waals surface area contributed by atoms with Gasteiger partial charge in [-0.3, -0.25) is 0 Å². The quantitative estimate of drug-likeness (QED) is 0.890. The molecule has 0 aliphatic heterocycles. The zero-order chi connectivity index (χ0) is 13.1. The number of rotatable bonds is 4. The van der Waals surface area contributed by atoms with Gasteiger partial charge >= 0.3 is 6.01 Å². The van der Waals surface area contributed by atoms with E-state index in [2.05, 4.69) is 23.8 Å². The average Bonchev–Trinajstić information content (AvgIpc) is 2.75. The van der Waals surface area contributed by atoms with E-state index < -0.39 is 0 Å². The van der Waals surface area contributed by atoms with E-state index in [0.29, 0.717) is 24.4 Å². The van der Waals surface area contributed by atoms with Crippen molar-refractivity contribution in [3.63, 3.8) is 0 Å². The van der Waals surface area contributed by atoms with Crippen LogP contribution in [0.4, 0.5) is 0 Å². The molecule has 2 atom stereocenters. The monoisotopic (exact) mass is 249 g/mol. The average molecular weight is 249 g/mol. The van der Waals surface area contributed by atoms with Crippen LogP contribution in [-0.2, 0) is 0 Å². The number of nitrogens with two attached hydrogens (primary N) is 1. The van der Waals surface area contributed by atoms with Gasteiger partial charge in [0.25, 0.3) is 0 Å². The van der Waals surface area contributed by atoms with Gasteiger partial charge in [0.15, 0.2) is 0 Å². The molecule has 1 aliphatic carbocycles. The molecule has 1 aliphatic rings. The van der Waals surface area contributed by atoms with Crippen LogP contribution in [0.3, 0.4) is 0 Å². The fourth-order valence-corrected chi connectivity index (χ4v) is 2.48. The number of aromatic nitrogens is 2. The van der Waals surface area contributed by atoms with Crippen molar-refractivity contribution in [3.8, 4) is 6.01 Å². The molecule has 1 aromatic rings. The molecular weight excluding hydrogens is 226 g/mol. The van der Waals surface area contributed by atoms with Crippen molar-refractivity contribution in [2.75, 3.05) is 6.54 Å². The predicted molar refractivity (Wildman–Crippen MR) is 71.7 cm³/mol. The highest BCUT2D eigenvalue weighted by Crippen LogP contribution is 2.28. The first-order valence-electron chi connectivity index (χ1n) is 6.82. The minimum absolute atomic E-state index is 0.191. The van der Waals surface area contributed by atoms with Crippen molar-refractivity contribution >= 4 is 0 Å². The SMILES string of the molecule is Cc1cc(C(C)C)nc(OC2CCCC2CN)n1. The van der Waals surface area contributed by atoms with Crippen LogP contribution in [0.2, 0.25) is 0 Å². The van der Waals surface area contributed by atoms with Crippen LogP contribution in [0.1, 0.15) is 50.4 Å². The summed E-state index contributed by atoms with van der Waals surface area (Å²) in [6, 6.07) is 2.54. The maximum Gasteiger partial charge on any atom is 0.317 e. The molecule has 1 heterocycles. The third-order valence-corrected chi connectivity index (χ3v) is 3.59. The smallest absolute Gasteiger partial charge is 0.317 e. The van der Waals surface area contributed by atoms with Crippen molar-refractivity contribution in [1.82, 2.24) is 9.97 Å². The summed E-state index contributed by atoms with van der Waals surface area (Å²) in [5, 5.41) is 0. The predicted octanol–water partition coefficient (Wildman–Crippen LogP) is 2.41. The molecule has 4 nitrogen and oxygen atoms in total. The van der Waals surface area contributed by atoms with Gasteiger partial charge in [0.2, 0.25) is 0 Å². The molecular formula is C14H23N3O. The van der Waals surface area contributed by atoms with Crippen LogP contribution in [0.15, 0.2) is 6.07 Å². The van der Waals surface area contributed by atoms with Crippen LogP contribution in [-0.4, -0.2) is 22.6 Å². The van der Waals surface area contributed by atoms with E-state index in [1.807, 2.05) is 13.0 Å². The standard InChI is InChI=1S/C14H23N3O/c1-9(2)12-7-10(3)16-14(17-12)18-13-6-4-5-11(13)8-15/h7,9,11,13H,4-6,8,15H2,1-3H3. The van der Waals surface area contributed by atoms with Crippen molar-refractivity contribution in [2.45, 2.75) is 52.1 Å². The van der Waals surface area contributed by atoms with Gasteiger partial charge in [-0.2, -0.15) is 4.98 Å². The lowest BCUT2D eigenvalue weighted by Gasteiger charge is -2.19. The molecule has 2 unspecified atom stereocenters. The summed E-state index contributed by atoms with van der Waals surface area (Å²) in [6.07, 6.45) is 3.60. The molecule has 0 saturated heterocycles. The Balaban J connectivity index is 2.13. The maximum atomic E-state index is 5.95. The van der Waals surface area contributed by atoms with Gasteiger partial charge < -0.3 is 10.5 Å². The first-order valence-corrected chi connectivity index (χ1v) is 6.82. The molecule has 1 fully saturated rings. The molecule has 1 saturated carbocycles. The minimum Gasteiger partial charge on any atom is -0.460 e. The summed E-state index contributed by atoms with van der Waals surface area (Å²) in [5.41, 5.74) is 7.77. The van der Waals surface area contributed by atoms with E-state index in [4.69, 9.17) is 10.5 Å². The number of aryl methyl sites for hydroxylation is 1. The number of nitrogens with zero attached hydrogens (tertiary/aromatic N) is 2. The van der Waals surface area contributed by atoms with Crippen LogP contribution < -0.4 is 10.5 Å². The fourth-order valence-electron chi connectivity index (χ4n) is 2.48. The molecule has 0 radical (unpaired) electrons. The van der Waals surface area contributed by atoms with E-state index in [1.165, 1.54) is 6.42 Å². The van der Waals surface area contributed by atoms with Crippen LogP contribution in [0.5, 0.6) is 6.01 Å². The summed E-state index contributed by atoms with van der Waals surface area (Å²) in [5.74, 6) is 0.847. The third-order valence-electron chi connectivity index (χ3n) is 3.59. The lowest BCUT2D eigenvalue weighted by atomic mass is 10.1. The van der Waals surface area contributed by atoms with Crippen LogP contribution in [0.25, 0.3) is 0 Å². The maximum absolute atomic E-state index is 5.95. The topological polar surface area (TPSA) is 61.0 Å². The molecule has 2 rings (SSSR count). The van der Waals surface area contributed by atoms with E-state index in [0.717, 1.165) is 24.2 Å². The van der Waals surface area contributed by atoms with Crippen molar-refractivity contribution < 1.29 is 4.74 Å². The van der Waals surface area contributed by atoms with Gasteiger partial charge in [0.1, 0.15) is 6.10 Å². The lowest BCUT2D eigenvalue weighted by Crippen LogP contribution is -2.28. The zero-order valence-electron chi connectivity index (χ0n) is 11.5. The van der Waals surface area contributed by atoms with E-state index in [9.17, 15) is 0 Å². The number of ether oxygens (including phenoxy) is 1. The summed E-state index contributed by atoms with van der Waals surface area (Å²) in [6.45, 7) is 6.93.